The second-order valence-electron chi connectivity index (χ2n) is 5.57. The zero-order valence-corrected chi connectivity index (χ0v) is 13.2. The number of benzene rings is 3. The summed E-state index contributed by atoms with van der Waals surface area (Å²) >= 11 is 0. The van der Waals surface area contributed by atoms with Gasteiger partial charge in [-0.1, -0.05) is 48.5 Å². The molecule has 0 saturated carbocycles. The lowest BCUT2D eigenvalue weighted by Crippen LogP contribution is -2.23. The van der Waals surface area contributed by atoms with Crippen LogP contribution in [0.1, 0.15) is 17.2 Å². The van der Waals surface area contributed by atoms with E-state index in [0.717, 1.165) is 16.7 Å². The first-order chi connectivity index (χ1) is 11.3. The SMILES string of the molecule is COc1ccc2cc(CN[C@H](CO)c3ccccc3)ccc2c1. The van der Waals surface area contributed by atoms with Crippen LogP contribution in [0.2, 0.25) is 0 Å². The highest BCUT2D eigenvalue weighted by Gasteiger charge is 2.09. The predicted molar refractivity (Wildman–Crippen MR) is 93.6 cm³/mol. The van der Waals surface area contributed by atoms with Crippen LogP contribution in [0.4, 0.5) is 0 Å². The van der Waals surface area contributed by atoms with Crippen LogP contribution < -0.4 is 10.1 Å². The van der Waals surface area contributed by atoms with E-state index in [4.69, 9.17) is 4.74 Å². The number of methoxy groups -OCH3 is 1. The minimum atomic E-state index is -0.0530. The Morgan fingerprint density at radius 2 is 1.70 bits per heavy atom. The molecule has 0 unspecified atom stereocenters. The van der Waals surface area contributed by atoms with Crippen molar-refractivity contribution in [3.8, 4) is 5.75 Å². The molecule has 0 bridgehead atoms. The molecule has 0 radical (unpaired) electrons. The molecule has 0 spiro atoms. The molecular formula is C20H21NO2. The molecule has 2 N–H and O–H groups in total. The Balaban J connectivity index is 1.73. The highest BCUT2D eigenvalue weighted by atomic mass is 16.5. The molecule has 0 aliphatic rings. The fourth-order valence-corrected chi connectivity index (χ4v) is 2.72. The summed E-state index contributed by atoms with van der Waals surface area (Å²) in [4.78, 5) is 0. The molecular weight excluding hydrogens is 286 g/mol. The van der Waals surface area contributed by atoms with E-state index in [9.17, 15) is 5.11 Å². The standard InChI is InChI=1S/C20H21NO2/c1-23-19-10-9-17-11-15(7-8-18(17)12-19)13-21-20(14-22)16-5-3-2-4-6-16/h2-12,20-22H,13-14H2,1H3/t20-/m1/s1. The van der Waals surface area contributed by atoms with E-state index in [1.807, 2.05) is 42.5 Å². The van der Waals surface area contributed by atoms with Crippen LogP contribution in [0, 0.1) is 0 Å². The lowest BCUT2D eigenvalue weighted by atomic mass is 10.0. The average Bonchev–Trinajstić information content (AvgIpc) is 2.62. The first-order valence-corrected chi connectivity index (χ1v) is 7.76. The largest absolute Gasteiger partial charge is 0.497 e. The first kappa shape index (κ1) is 15.5. The number of ether oxygens (including phenoxy) is 1. The summed E-state index contributed by atoms with van der Waals surface area (Å²) in [5.74, 6) is 0.868. The highest BCUT2D eigenvalue weighted by molar-refractivity contribution is 5.84. The molecule has 3 rings (SSSR count). The Morgan fingerprint density at radius 3 is 2.43 bits per heavy atom. The quantitative estimate of drug-likeness (QED) is 0.730. The van der Waals surface area contributed by atoms with Gasteiger partial charge < -0.3 is 15.2 Å². The second-order valence-corrected chi connectivity index (χ2v) is 5.57. The van der Waals surface area contributed by atoms with Crippen LogP contribution in [-0.4, -0.2) is 18.8 Å². The van der Waals surface area contributed by atoms with Crippen molar-refractivity contribution in [2.24, 2.45) is 0 Å². The molecule has 0 saturated heterocycles. The van der Waals surface area contributed by atoms with Crippen LogP contribution in [0.25, 0.3) is 10.8 Å². The van der Waals surface area contributed by atoms with Gasteiger partial charge >= 0.3 is 0 Å². The zero-order valence-electron chi connectivity index (χ0n) is 13.2. The minimum absolute atomic E-state index is 0.0530. The number of fused-ring (bicyclic) bond motifs is 1. The monoisotopic (exact) mass is 307 g/mol. The van der Waals surface area contributed by atoms with E-state index in [1.54, 1.807) is 7.11 Å². The summed E-state index contributed by atoms with van der Waals surface area (Å²) in [7, 11) is 1.68. The predicted octanol–water partition coefficient (Wildman–Crippen LogP) is 3.67. The van der Waals surface area contributed by atoms with Gasteiger partial charge in [0.25, 0.3) is 0 Å². The molecule has 0 fully saturated rings. The van der Waals surface area contributed by atoms with Crippen molar-refractivity contribution in [2.75, 3.05) is 13.7 Å². The normalized spacial score (nSPS) is 12.3. The molecule has 3 aromatic rings. The summed E-state index contributed by atoms with van der Waals surface area (Å²) in [5.41, 5.74) is 2.29. The average molecular weight is 307 g/mol. The maximum Gasteiger partial charge on any atom is 0.119 e. The molecule has 1 atom stereocenters. The summed E-state index contributed by atoms with van der Waals surface area (Å²) in [6.45, 7) is 0.789. The van der Waals surface area contributed by atoms with Gasteiger partial charge in [-0.15, -0.1) is 0 Å². The number of hydrogen-bond acceptors (Lipinski definition) is 3. The fourth-order valence-electron chi connectivity index (χ4n) is 2.72. The summed E-state index contributed by atoms with van der Waals surface area (Å²) in [5, 5.41) is 15.4. The van der Waals surface area contributed by atoms with Gasteiger partial charge in [0.15, 0.2) is 0 Å². The molecule has 118 valence electrons. The van der Waals surface area contributed by atoms with Gasteiger partial charge in [-0.25, -0.2) is 0 Å². The van der Waals surface area contributed by atoms with Crippen LogP contribution >= 0.6 is 0 Å². The van der Waals surface area contributed by atoms with Crippen LogP contribution in [0.15, 0.2) is 66.7 Å². The minimum Gasteiger partial charge on any atom is -0.497 e. The van der Waals surface area contributed by atoms with Crippen LogP contribution in [0.3, 0.4) is 0 Å². The molecule has 3 heteroatoms. The van der Waals surface area contributed by atoms with Gasteiger partial charge in [-0.2, -0.15) is 0 Å². The van der Waals surface area contributed by atoms with Crippen molar-refractivity contribution in [2.45, 2.75) is 12.6 Å². The van der Waals surface area contributed by atoms with Crippen molar-refractivity contribution in [1.82, 2.24) is 5.32 Å². The molecule has 0 aliphatic carbocycles. The molecule has 0 aromatic heterocycles. The lowest BCUT2D eigenvalue weighted by molar-refractivity contribution is 0.243. The van der Waals surface area contributed by atoms with E-state index in [1.165, 1.54) is 10.9 Å². The van der Waals surface area contributed by atoms with Gasteiger partial charge in [0.1, 0.15) is 5.75 Å². The maximum absolute atomic E-state index is 9.61. The molecule has 0 aliphatic heterocycles. The van der Waals surface area contributed by atoms with Crippen LogP contribution in [0.5, 0.6) is 5.75 Å². The van der Waals surface area contributed by atoms with Gasteiger partial charge in [0, 0.05) is 6.54 Å². The van der Waals surface area contributed by atoms with E-state index in [-0.39, 0.29) is 12.6 Å². The van der Waals surface area contributed by atoms with E-state index in [2.05, 4.69) is 29.6 Å². The third kappa shape index (κ3) is 3.70. The first-order valence-electron chi connectivity index (χ1n) is 7.76. The van der Waals surface area contributed by atoms with E-state index >= 15 is 0 Å². The summed E-state index contributed by atoms with van der Waals surface area (Å²) in [6, 6.07) is 22.4. The number of hydrogen-bond donors (Lipinski definition) is 2. The third-order valence-corrected chi connectivity index (χ3v) is 4.05. The Bertz CT molecular complexity index is 771. The Hall–Kier alpha value is -2.36. The number of rotatable bonds is 6. The molecule has 3 aromatic carbocycles. The Kier molecular flexibility index (Phi) is 4.91. The van der Waals surface area contributed by atoms with Crippen molar-refractivity contribution in [3.63, 3.8) is 0 Å². The summed E-state index contributed by atoms with van der Waals surface area (Å²) in [6.07, 6.45) is 0. The second kappa shape index (κ2) is 7.27. The zero-order chi connectivity index (χ0) is 16.1. The Morgan fingerprint density at radius 1 is 0.957 bits per heavy atom. The lowest BCUT2D eigenvalue weighted by Gasteiger charge is -2.17. The van der Waals surface area contributed by atoms with Crippen molar-refractivity contribution in [1.29, 1.82) is 0 Å². The molecule has 0 heterocycles. The van der Waals surface area contributed by atoms with Crippen molar-refractivity contribution in [3.05, 3.63) is 77.9 Å². The fraction of sp³-hybridized carbons (Fsp3) is 0.200. The van der Waals surface area contributed by atoms with Gasteiger partial charge in [0.2, 0.25) is 0 Å². The van der Waals surface area contributed by atoms with Gasteiger partial charge in [-0.05, 0) is 40.1 Å². The molecule has 23 heavy (non-hydrogen) atoms. The number of aliphatic hydroxyl groups excluding tert-OH is 1. The Labute approximate surface area is 136 Å². The summed E-state index contributed by atoms with van der Waals surface area (Å²) < 4.78 is 5.25. The topological polar surface area (TPSA) is 41.5 Å². The number of nitrogens with one attached hydrogen (secondary N) is 1. The third-order valence-electron chi connectivity index (χ3n) is 4.05. The van der Waals surface area contributed by atoms with Crippen molar-refractivity contribution >= 4 is 10.8 Å². The van der Waals surface area contributed by atoms with Crippen LogP contribution in [-0.2, 0) is 6.54 Å². The highest BCUT2D eigenvalue weighted by Crippen LogP contribution is 2.22. The van der Waals surface area contributed by atoms with Crippen molar-refractivity contribution < 1.29 is 9.84 Å². The number of aliphatic hydroxyl groups is 1. The molecule has 0 amide bonds. The maximum atomic E-state index is 9.61. The van der Waals surface area contributed by atoms with Gasteiger partial charge in [-0.3, -0.25) is 0 Å². The van der Waals surface area contributed by atoms with Gasteiger partial charge in [0.05, 0.1) is 19.8 Å². The molecule has 3 nitrogen and oxygen atoms in total. The van der Waals surface area contributed by atoms with E-state index < -0.39 is 0 Å². The van der Waals surface area contributed by atoms with E-state index in [0.29, 0.717) is 6.54 Å². The smallest absolute Gasteiger partial charge is 0.119 e.